The monoisotopic (exact) mass is 515 g/mol. The van der Waals surface area contributed by atoms with Crippen LogP contribution < -0.4 is 5.32 Å². The van der Waals surface area contributed by atoms with Crippen LogP contribution in [0.1, 0.15) is 24.8 Å². The van der Waals surface area contributed by atoms with E-state index in [4.69, 9.17) is 11.6 Å². The van der Waals surface area contributed by atoms with Crippen molar-refractivity contribution in [2.75, 3.05) is 25.1 Å². The maximum Gasteiger partial charge on any atom is 0.194 e. The molecular weight excluding hydrogens is 492 g/mol. The average Bonchev–Trinajstić information content (AvgIpc) is 3.29. The first-order valence-corrected chi connectivity index (χ1v) is 10.7. The number of sulfone groups is 1. The van der Waals surface area contributed by atoms with E-state index in [2.05, 4.69) is 10.3 Å². The Bertz CT molecular complexity index is 751. The van der Waals surface area contributed by atoms with Crippen LogP contribution in [0, 0.1) is 11.7 Å². The zero-order valence-electron chi connectivity index (χ0n) is 14.6. The Morgan fingerprint density at radius 1 is 1.38 bits per heavy atom. The van der Waals surface area contributed by atoms with Crippen LogP contribution in [0.2, 0.25) is 5.02 Å². The molecule has 1 aromatic rings. The van der Waals surface area contributed by atoms with E-state index in [1.54, 1.807) is 12.1 Å². The highest BCUT2D eigenvalue weighted by Gasteiger charge is 2.29. The zero-order valence-corrected chi connectivity index (χ0v) is 18.5. The summed E-state index contributed by atoms with van der Waals surface area (Å²) in [7, 11) is -1.07. The molecule has 1 heterocycles. The van der Waals surface area contributed by atoms with Gasteiger partial charge in [0.05, 0.1) is 11.5 Å². The Kier molecular flexibility index (Phi) is 7.55. The molecule has 2 aliphatic rings. The van der Waals surface area contributed by atoms with Crippen LogP contribution in [0.3, 0.4) is 0 Å². The highest BCUT2D eigenvalue weighted by Crippen LogP contribution is 2.23. The number of guanidine groups is 1. The second kappa shape index (κ2) is 9.05. The summed E-state index contributed by atoms with van der Waals surface area (Å²) in [5.74, 6) is 0.847. The van der Waals surface area contributed by atoms with Gasteiger partial charge in [-0.25, -0.2) is 12.8 Å². The molecule has 1 aliphatic heterocycles. The van der Waals surface area contributed by atoms with Gasteiger partial charge in [0.1, 0.15) is 5.82 Å². The predicted molar refractivity (Wildman–Crippen MR) is 114 cm³/mol. The minimum atomic E-state index is -2.90. The second-order valence-electron chi connectivity index (χ2n) is 6.91. The van der Waals surface area contributed by atoms with Crippen molar-refractivity contribution in [2.24, 2.45) is 10.9 Å². The van der Waals surface area contributed by atoms with Crippen LogP contribution in [-0.4, -0.2) is 50.4 Å². The van der Waals surface area contributed by atoms with Gasteiger partial charge in [-0.05, 0) is 37.3 Å². The topological polar surface area (TPSA) is 61.8 Å². The van der Waals surface area contributed by atoms with Crippen molar-refractivity contribution in [1.29, 1.82) is 0 Å². The van der Waals surface area contributed by atoms with Gasteiger partial charge in [-0.2, -0.15) is 0 Å². The van der Waals surface area contributed by atoms with Crippen LogP contribution in [0.25, 0.3) is 0 Å². The summed E-state index contributed by atoms with van der Waals surface area (Å²) < 4.78 is 37.2. The van der Waals surface area contributed by atoms with E-state index in [1.807, 2.05) is 11.9 Å². The lowest BCUT2D eigenvalue weighted by atomic mass is 10.1. The molecule has 1 atom stereocenters. The van der Waals surface area contributed by atoms with Gasteiger partial charge in [0.15, 0.2) is 15.8 Å². The maximum absolute atomic E-state index is 14.0. The van der Waals surface area contributed by atoms with Crippen LogP contribution in [0.5, 0.6) is 0 Å². The Morgan fingerprint density at radius 3 is 2.69 bits per heavy atom. The molecule has 3 rings (SSSR count). The third-order valence-electron chi connectivity index (χ3n) is 4.56. The van der Waals surface area contributed by atoms with E-state index >= 15 is 0 Å². The molecule has 0 radical (unpaired) electrons. The summed E-state index contributed by atoms with van der Waals surface area (Å²) in [5, 5.41) is 3.74. The van der Waals surface area contributed by atoms with Crippen LogP contribution in [-0.2, 0) is 16.4 Å². The SMILES string of the molecule is CN(Cc1c(F)cccc1Cl)C(=NCC1CCS(=O)(=O)C1)NC1CC1.I. The van der Waals surface area contributed by atoms with Gasteiger partial charge < -0.3 is 10.2 Å². The fraction of sp³-hybridized carbons (Fsp3) is 0.588. The second-order valence-corrected chi connectivity index (χ2v) is 9.54. The molecule has 1 aromatic carbocycles. The molecule has 0 amide bonds. The number of hydrogen-bond acceptors (Lipinski definition) is 3. The molecule has 26 heavy (non-hydrogen) atoms. The molecule has 146 valence electrons. The van der Waals surface area contributed by atoms with Gasteiger partial charge in [-0.3, -0.25) is 4.99 Å². The van der Waals surface area contributed by atoms with E-state index in [0.717, 1.165) is 12.8 Å². The number of aliphatic imine (C=N–C) groups is 1. The lowest BCUT2D eigenvalue weighted by Crippen LogP contribution is -2.40. The van der Waals surface area contributed by atoms with Crippen LogP contribution >= 0.6 is 35.6 Å². The predicted octanol–water partition coefficient (Wildman–Crippen LogP) is 3.07. The summed E-state index contributed by atoms with van der Waals surface area (Å²) in [6, 6.07) is 5.04. The number of nitrogens with zero attached hydrogens (tertiary/aromatic N) is 2. The van der Waals surface area contributed by atoms with Gasteiger partial charge >= 0.3 is 0 Å². The van der Waals surface area contributed by atoms with Crippen molar-refractivity contribution < 1.29 is 12.8 Å². The summed E-state index contributed by atoms with van der Waals surface area (Å²) in [5.41, 5.74) is 0.431. The molecule has 1 aliphatic carbocycles. The number of nitrogens with one attached hydrogen (secondary N) is 1. The molecular formula is C17H24ClFIN3O2S. The van der Waals surface area contributed by atoms with Crippen molar-refractivity contribution in [2.45, 2.75) is 31.8 Å². The van der Waals surface area contributed by atoms with Crippen LogP contribution in [0.15, 0.2) is 23.2 Å². The van der Waals surface area contributed by atoms with Gasteiger partial charge in [0.2, 0.25) is 0 Å². The first-order chi connectivity index (χ1) is 11.8. The van der Waals surface area contributed by atoms with Crippen molar-refractivity contribution in [1.82, 2.24) is 10.2 Å². The van der Waals surface area contributed by atoms with Gasteiger partial charge in [0, 0.05) is 36.8 Å². The molecule has 0 aromatic heterocycles. The Morgan fingerprint density at radius 2 is 2.12 bits per heavy atom. The van der Waals surface area contributed by atoms with Crippen molar-refractivity contribution in [3.63, 3.8) is 0 Å². The number of rotatable bonds is 5. The fourth-order valence-electron chi connectivity index (χ4n) is 2.91. The molecule has 1 saturated carbocycles. The van der Waals surface area contributed by atoms with Gasteiger partial charge in [-0.15, -0.1) is 24.0 Å². The lowest BCUT2D eigenvalue weighted by Gasteiger charge is -2.23. The maximum atomic E-state index is 14.0. The molecule has 2 fully saturated rings. The van der Waals surface area contributed by atoms with E-state index in [0.29, 0.717) is 42.1 Å². The molecule has 5 nitrogen and oxygen atoms in total. The number of halogens is 3. The van der Waals surface area contributed by atoms with Crippen molar-refractivity contribution in [3.8, 4) is 0 Å². The quantitative estimate of drug-likeness (QED) is 0.372. The number of hydrogen-bond donors (Lipinski definition) is 1. The van der Waals surface area contributed by atoms with Crippen LogP contribution in [0.4, 0.5) is 4.39 Å². The summed E-state index contributed by atoms with van der Waals surface area (Å²) in [4.78, 5) is 6.45. The zero-order chi connectivity index (χ0) is 18.0. The third-order valence-corrected chi connectivity index (χ3v) is 6.75. The minimum Gasteiger partial charge on any atom is -0.354 e. The van der Waals surface area contributed by atoms with Gasteiger partial charge in [-0.1, -0.05) is 17.7 Å². The van der Waals surface area contributed by atoms with Crippen molar-refractivity contribution >= 4 is 51.4 Å². The highest BCUT2D eigenvalue weighted by molar-refractivity contribution is 14.0. The third kappa shape index (κ3) is 5.95. The summed E-state index contributed by atoms with van der Waals surface area (Å²) >= 11 is 6.11. The normalized spacial score (nSPS) is 22.0. The minimum absolute atomic E-state index is 0. The first kappa shape index (κ1) is 21.7. The Hall–Kier alpha value is -0.610. The number of benzene rings is 1. The highest BCUT2D eigenvalue weighted by atomic mass is 127. The Balaban J connectivity index is 0.00000243. The fourth-order valence-corrected chi connectivity index (χ4v) is 4.99. The van der Waals surface area contributed by atoms with E-state index < -0.39 is 9.84 Å². The van der Waals surface area contributed by atoms with E-state index in [1.165, 1.54) is 6.07 Å². The Labute approximate surface area is 176 Å². The standard InChI is InChI=1S/C17H23ClFN3O2S.HI/c1-22(10-14-15(18)3-2-4-16(14)19)17(21-13-5-6-13)20-9-12-7-8-25(23,24)11-12;/h2-4,12-13H,5-11H2,1H3,(H,20,21);1H. The molecule has 9 heteroatoms. The molecule has 1 unspecified atom stereocenters. The molecule has 0 bridgehead atoms. The molecule has 1 N–H and O–H groups in total. The average molecular weight is 516 g/mol. The molecule has 0 spiro atoms. The van der Waals surface area contributed by atoms with Crippen molar-refractivity contribution in [3.05, 3.63) is 34.6 Å². The smallest absolute Gasteiger partial charge is 0.194 e. The van der Waals surface area contributed by atoms with E-state index in [-0.39, 0.29) is 47.2 Å². The largest absolute Gasteiger partial charge is 0.354 e. The van der Waals surface area contributed by atoms with Gasteiger partial charge in [0.25, 0.3) is 0 Å². The summed E-state index contributed by atoms with van der Waals surface area (Å²) in [6.45, 7) is 0.761. The first-order valence-electron chi connectivity index (χ1n) is 8.49. The lowest BCUT2D eigenvalue weighted by molar-refractivity contribution is 0.455. The molecule has 1 saturated heterocycles. The summed E-state index contributed by atoms with van der Waals surface area (Å²) in [6.07, 6.45) is 2.83. The van der Waals surface area contributed by atoms with E-state index in [9.17, 15) is 12.8 Å².